The molecule has 2 N–H and O–H groups in total. The first-order valence-corrected chi connectivity index (χ1v) is 10.7. The fourth-order valence-electron chi connectivity index (χ4n) is 3.52. The van der Waals surface area contributed by atoms with Crippen molar-refractivity contribution in [3.8, 4) is 11.3 Å². The summed E-state index contributed by atoms with van der Waals surface area (Å²) in [4.78, 5) is 23.4. The molecule has 0 radical (unpaired) electrons. The molecule has 2 heterocycles. The number of hydrogen-bond donors (Lipinski definition) is 2. The largest absolute Gasteiger partial charge is 0.379 e. The van der Waals surface area contributed by atoms with Gasteiger partial charge >= 0.3 is 0 Å². The number of nitrogens with one attached hydrogen (secondary N) is 2. The van der Waals surface area contributed by atoms with Crippen molar-refractivity contribution in [2.45, 2.75) is 6.42 Å². The quantitative estimate of drug-likeness (QED) is 0.528. The molecular weight excluding hydrogens is 409 g/mol. The Morgan fingerprint density at radius 2 is 1.88 bits per heavy atom. The van der Waals surface area contributed by atoms with Crippen LogP contribution in [-0.2, 0) is 4.74 Å². The summed E-state index contributed by atoms with van der Waals surface area (Å²) in [5.41, 5.74) is 2.79. The number of aromatic nitrogens is 2. The molecule has 0 saturated carbocycles. The molecule has 7 nitrogen and oxygen atoms in total. The highest BCUT2D eigenvalue weighted by molar-refractivity contribution is 5.95. The molecule has 0 aliphatic carbocycles. The molecular formula is C24H26FN5O2. The zero-order valence-corrected chi connectivity index (χ0v) is 17.8. The Kier molecular flexibility index (Phi) is 7.37. The van der Waals surface area contributed by atoms with E-state index in [0.29, 0.717) is 23.6 Å². The highest BCUT2D eigenvalue weighted by atomic mass is 19.1. The van der Waals surface area contributed by atoms with Crippen molar-refractivity contribution in [2.75, 3.05) is 44.7 Å². The van der Waals surface area contributed by atoms with Gasteiger partial charge in [0, 0.05) is 42.5 Å². The van der Waals surface area contributed by atoms with E-state index in [1.165, 1.54) is 18.5 Å². The average Bonchev–Trinajstić information content (AvgIpc) is 2.83. The first-order chi connectivity index (χ1) is 15.7. The Bertz CT molecular complexity index is 1040. The smallest absolute Gasteiger partial charge is 0.251 e. The standard InChI is InChI=1S/C24H26FN5O2/c25-20-7-5-18(6-8-20)22-16-23(28-17-27-22)29-21-4-1-3-19(15-21)24(31)26-9-2-10-30-11-13-32-14-12-30/h1,3-8,15-17H,2,9-14H2,(H,26,31)(H,27,28,29). The maximum Gasteiger partial charge on any atom is 0.251 e. The molecule has 3 aromatic rings. The summed E-state index contributed by atoms with van der Waals surface area (Å²) >= 11 is 0. The van der Waals surface area contributed by atoms with Gasteiger partial charge in [-0.3, -0.25) is 9.69 Å². The van der Waals surface area contributed by atoms with Gasteiger partial charge in [0.25, 0.3) is 5.91 Å². The number of carbonyl (C=O) groups is 1. The summed E-state index contributed by atoms with van der Waals surface area (Å²) in [6.45, 7) is 5.05. The van der Waals surface area contributed by atoms with Crippen molar-refractivity contribution in [2.24, 2.45) is 0 Å². The number of nitrogens with zero attached hydrogens (tertiary/aromatic N) is 3. The Morgan fingerprint density at radius 1 is 1.06 bits per heavy atom. The first kappa shape index (κ1) is 21.9. The predicted molar refractivity (Wildman–Crippen MR) is 121 cm³/mol. The van der Waals surface area contributed by atoms with Crippen molar-refractivity contribution in [3.63, 3.8) is 0 Å². The number of benzene rings is 2. The minimum atomic E-state index is -0.294. The molecule has 1 aliphatic heterocycles. The molecule has 0 spiro atoms. The van der Waals surface area contributed by atoms with E-state index in [1.807, 2.05) is 12.1 Å². The molecule has 1 aliphatic rings. The van der Waals surface area contributed by atoms with E-state index < -0.39 is 0 Å². The van der Waals surface area contributed by atoms with E-state index in [4.69, 9.17) is 4.74 Å². The lowest BCUT2D eigenvalue weighted by Gasteiger charge is -2.26. The fourth-order valence-corrected chi connectivity index (χ4v) is 3.52. The van der Waals surface area contributed by atoms with Crippen molar-refractivity contribution in [1.82, 2.24) is 20.2 Å². The van der Waals surface area contributed by atoms with E-state index in [2.05, 4.69) is 25.5 Å². The van der Waals surface area contributed by atoms with Gasteiger partial charge in [-0.25, -0.2) is 14.4 Å². The van der Waals surface area contributed by atoms with Gasteiger partial charge in [-0.15, -0.1) is 0 Å². The van der Waals surface area contributed by atoms with Crippen LogP contribution in [0.2, 0.25) is 0 Å². The van der Waals surface area contributed by atoms with E-state index in [-0.39, 0.29) is 11.7 Å². The number of carbonyl (C=O) groups excluding carboxylic acids is 1. The van der Waals surface area contributed by atoms with Crippen LogP contribution in [0.1, 0.15) is 16.8 Å². The zero-order valence-electron chi connectivity index (χ0n) is 17.8. The normalized spacial score (nSPS) is 14.2. The van der Waals surface area contributed by atoms with Gasteiger partial charge in [0.15, 0.2) is 0 Å². The summed E-state index contributed by atoms with van der Waals surface area (Å²) in [7, 11) is 0. The van der Waals surface area contributed by atoms with Gasteiger partial charge in [-0.2, -0.15) is 0 Å². The highest BCUT2D eigenvalue weighted by Gasteiger charge is 2.11. The van der Waals surface area contributed by atoms with Crippen molar-refractivity contribution < 1.29 is 13.9 Å². The minimum absolute atomic E-state index is 0.106. The van der Waals surface area contributed by atoms with Crippen LogP contribution in [-0.4, -0.2) is 60.2 Å². The van der Waals surface area contributed by atoms with Crippen LogP contribution in [0, 0.1) is 5.82 Å². The van der Waals surface area contributed by atoms with E-state index in [0.717, 1.165) is 50.5 Å². The average molecular weight is 436 g/mol. The van der Waals surface area contributed by atoms with Crippen molar-refractivity contribution >= 4 is 17.4 Å². The van der Waals surface area contributed by atoms with Crippen LogP contribution in [0.5, 0.6) is 0 Å². The molecule has 1 amide bonds. The van der Waals surface area contributed by atoms with Crippen LogP contribution in [0.15, 0.2) is 60.9 Å². The van der Waals surface area contributed by atoms with E-state index >= 15 is 0 Å². The van der Waals surface area contributed by atoms with Crippen LogP contribution in [0.4, 0.5) is 15.9 Å². The molecule has 32 heavy (non-hydrogen) atoms. The second-order valence-electron chi connectivity index (χ2n) is 7.56. The second-order valence-corrected chi connectivity index (χ2v) is 7.56. The summed E-state index contributed by atoms with van der Waals surface area (Å²) in [6, 6.07) is 15.2. The third kappa shape index (κ3) is 6.09. The number of ether oxygens (including phenoxy) is 1. The van der Waals surface area contributed by atoms with Crippen LogP contribution >= 0.6 is 0 Å². The molecule has 8 heteroatoms. The zero-order chi connectivity index (χ0) is 22.2. The predicted octanol–water partition coefficient (Wildman–Crippen LogP) is 3.48. The monoisotopic (exact) mass is 435 g/mol. The van der Waals surface area contributed by atoms with Gasteiger partial charge < -0.3 is 15.4 Å². The van der Waals surface area contributed by atoms with Gasteiger partial charge in [0.1, 0.15) is 18.0 Å². The van der Waals surface area contributed by atoms with Crippen LogP contribution < -0.4 is 10.6 Å². The number of anilines is 2. The summed E-state index contributed by atoms with van der Waals surface area (Å²) in [5.74, 6) is 0.185. The molecule has 0 bridgehead atoms. The Labute approximate surface area is 186 Å². The second kappa shape index (κ2) is 10.8. The topological polar surface area (TPSA) is 79.4 Å². The Morgan fingerprint density at radius 3 is 2.69 bits per heavy atom. The lowest BCUT2D eigenvalue weighted by molar-refractivity contribution is 0.0374. The highest BCUT2D eigenvalue weighted by Crippen LogP contribution is 2.22. The molecule has 2 aromatic carbocycles. The molecule has 166 valence electrons. The third-order valence-electron chi connectivity index (χ3n) is 5.24. The van der Waals surface area contributed by atoms with Crippen LogP contribution in [0.25, 0.3) is 11.3 Å². The maximum absolute atomic E-state index is 13.2. The maximum atomic E-state index is 13.2. The number of amides is 1. The van der Waals surface area contributed by atoms with Gasteiger partial charge in [-0.1, -0.05) is 6.07 Å². The van der Waals surface area contributed by atoms with Crippen molar-refractivity contribution in [3.05, 3.63) is 72.3 Å². The molecule has 0 unspecified atom stereocenters. The fraction of sp³-hybridized carbons (Fsp3) is 0.292. The number of rotatable bonds is 8. The van der Waals surface area contributed by atoms with Gasteiger partial charge in [0.05, 0.1) is 18.9 Å². The van der Waals surface area contributed by atoms with Crippen LogP contribution in [0.3, 0.4) is 0 Å². The van der Waals surface area contributed by atoms with E-state index in [1.54, 1.807) is 30.3 Å². The van der Waals surface area contributed by atoms with E-state index in [9.17, 15) is 9.18 Å². The lowest BCUT2D eigenvalue weighted by Crippen LogP contribution is -2.38. The van der Waals surface area contributed by atoms with Gasteiger partial charge in [-0.05, 0) is 55.4 Å². The molecule has 1 aromatic heterocycles. The summed E-state index contributed by atoms with van der Waals surface area (Å²) in [5, 5.41) is 6.19. The summed E-state index contributed by atoms with van der Waals surface area (Å²) in [6.07, 6.45) is 2.35. The van der Waals surface area contributed by atoms with Gasteiger partial charge in [0.2, 0.25) is 0 Å². The molecule has 0 atom stereocenters. The lowest BCUT2D eigenvalue weighted by atomic mass is 10.1. The molecule has 4 rings (SSSR count). The van der Waals surface area contributed by atoms with Crippen molar-refractivity contribution in [1.29, 1.82) is 0 Å². The Hall–Kier alpha value is -3.36. The summed E-state index contributed by atoms with van der Waals surface area (Å²) < 4.78 is 18.5. The molecule has 1 fully saturated rings. The SMILES string of the molecule is O=C(NCCCN1CCOCC1)c1cccc(Nc2cc(-c3ccc(F)cc3)ncn2)c1. The first-order valence-electron chi connectivity index (χ1n) is 10.7. The number of morpholine rings is 1. The third-order valence-corrected chi connectivity index (χ3v) is 5.24. The number of hydrogen-bond acceptors (Lipinski definition) is 6. The number of halogens is 1. The minimum Gasteiger partial charge on any atom is -0.379 e. The molecule has 1 saturated heterocycles. The Balaban J connectivity index is 1.33.